The van der Waals surface area contributed by atoms with Gasteiger partial charge in [0, 0.05) is 18.0 Å². The molecule has 116 valence electrons. The number of carbonyl (C=O) groups excluding carboxylic acids is 1. The summed E-state index contributed by atoms with van der Waals surface area (Å²) in [6.07, 6.45) is 7.00. The van der Waals surface area contributed by atoms with Crippen LogP contribution in [-0.4, -0.2) is 18.0 Å². The predicted octanol–water partition coefficient (Wildman–Crippen LogP) is 3.03. The van der Waals surface area contributed by atoms with Crippen LogP contribution in [0.3, 0.4) is 0 Å². The monoisotopic (exact) mass is 288 g/mol. The van der Waals surface area contributed by atoms with Crippen LogP contribution in [0.25, 0.3) is 0 Å². The highest BCUT2D eigenvalue weighted by Gasteiger charge is 2.26. The molecule has 21 heavy (non-hydrogen) atoms. The second kappa shape index (κ2) is 8.18. The molecule has 1 aliphatic carbocycles. The van der Waals surface area contributed by atoms with Crippen molar-refractivity contribution in [1.82, 2.24) is 5.32 Å². The Morgan fingerprint density at radius 1 is 1.33 bits per heavy atom. The van der Waals surface area contributed by atoms with E-state index in [4.69, 9.17) is 5.73 Å². The first-order valence-corrected chi connectivity index (χ1v) is 8.29. The fraction of sp³-hybridized carbons (Fsp3) is 0.611. The Hall–Kier alpha value is -1.35. The molecule has 0 radical (unpaired) electrons. The number of amides is 1. The van der Waals surface area contributed by atoms with Crippen molar-refractivity contribution in [3.8, 4) is 0 Å². The third kappa shape index (κ3) is 5.16. The molecular formula is C18H28N2O. The average Bonchev–Trinajstić information content (AvgIpc) is 2.48. The molecule has 1 amide bonds. The van der Waals surface area contributed by atoms with E-state index in [0.29, 0.717) is 0 Å². The summed E-state index contributed by atoms with van der Waals surface area (Å²) in [5.74, 6) is 0.323. The molecule has 3 heteroatoms. The Morgan fingerprint density at radius 2 is 2.10 bits per heavy atom. The molecule has 0 aliphatic heterocycles. The highest BCUT2D eigenvalue weighted by atomic mass is 16.1. The van der Waals surface area contributed by atoms with Crippen LogP contribution in [0.5, 0.6) is 0 Å². The van der Waals surface area contributed by atoms with Gasteiger partial charge in [-0.3, -0.25) is 4.79 Å². The van der Waals surface area contributed by atoms with Crippen LogP contribution in [-0.2, 0) is 11.2 Å². The minimum atomic E-state index is 0.115. The molecule has 1 fully saturated rings. The summed E-state index contributed by atoms with van der Waals surface area (Å²) in [6, 6.07) is 10.8. The molecule has 0 spiro atoms. The number of benzene rings is 1. The number of nitrogens with two attached hydrogens (primary N) is 1. The van der Waals surface area contributed by atoms with E-state index in [1.165, 1.54) is 5.56 Å². The Bertz CT molecular complexity index is 432. The third-order valence-electron chi connectivity index (χ3n) is 4.39. The van der Waals surface area contributed by atoms with Gasteiger partial charge in [-0.2, -0.15) is 0 Å². The summed E-state index contributed by atoms with van der Waals surface area (Å²) < 4.78 is 0. The zero-order valence-electron chi connectivity index (χ0n) is 13.1. The topological polar surface area (TPSA) is 55.1 Å². The normalized spacial score (nSPS) is 23.5. The first-order valence-electron chi connectivity index (χ1n) is 8.29. The first kappa shape index (κ1) is 16.0. The van der Waals surface area contributed by atoms with Crippen LogP contribution < -0.4 is 11.1 Å². The molecule has 1 aromatic carbocycles. The largest absolute Gasteiger partial charge is 0.353 e. The lowest BCUT2D eigenvalue weighted by Gasteiger charge is -2.28. The summed E-state index contributed by atoms with van der Waals surface area (Å²) in [4.78, 5) is 12.5. The maximum Gasteiger partial charge on any atom is 0.223 e. The van der Waals surface area contributed by atoms with Gasteiger partial charge in [0.05, 0.1) is 0 Å². The van der Waals surface area contributed by atoms with Gasteiger partial charge in [-0.1, -0.05) is 50.1 Å². The molecule has 0 aromatic heterocycles. The van der Waals surface area contributed by atoms with E-state index < -0.39 is 0 Å². The molecule has 0 saturated heterocycles. The van der Waals surface area contributed by atoms with Gasteiger partial charge in [-0.25, -0.2) is 0 Å². The second-order valence-electron chi connectivity index (χ2n) is 6.31. The van der Waals surface area contributed by atoms with E-state index in [0.717, 1.165) is 44.9 Å². The minimum absolute atomic E-state index is 0.115. The number of hydrogen-bond donors (Lipinski definition) is 2. The molecule has 3 N–H and O–H groups in total. The van der Waals surface area contributed by atoms with Crippen LogP contribution >= 0.6 is 0 Å². The predicted molar refractivity (Wildman–Crippen MR) is 86.9 cm³/mol. The number of rotatable bonds is 6. The van der Waals surface area contributed by atoms with Gasteiger partial charge in [0.1, 0.15) is 0 Å². The number of carbonyl (C=O) groups is 1. The second-order valence-corrected chi connectivity index (χ2v) is 6.31. The van der Waals surface area contributed by atoms with E-state index in [9.17, 15) is 4.79 Å². The summed E-state index contributed by atoms with van der Waals surface area (Å²) in [6.45, 7) is 2.17. The van der Waals surface area contributed by atoms with Gasteiger partial charge in [-0.15, -0.1) is 0 Å². The summed E-state index contributed by atoms with van der Waals surface area (Å²) in [5, 5.41) is 3.26. The number of hydrogen-bond acceptors (Lipinski definition) is 2. The molecule has 2 rings (SSSR count). The lowest BCUT2D eigenvalue weighted by molar-refractivity contribution is -0.126. The molecule has 0 heterocycles. The molecule has 3 unspecified atom stereocenters. The standard InChI is InChI=1S/C18H28N2O/c1-2-7-17(12-14-8-4-3-5-9-14)20-18(21)15-10-6-11-16(19)13-15/h3-5,8-9,15-17H,2,6-7,10-13,19H2,1H3,(H,20,21). The Kier molecular flexibility index (Phi) is 6.24. The zero-order chi connectivity index (χ0) is 15.1. The Morgan fingerprint density at radius 3 is 2.76 bits per heavy atom. The van der Waals surface area contributed by atoms with Crippen molar-refractivity contribution in [3.05, 3.63) is 35.9 Å². The first-order chi connectivity index (χ1) is 10.2. The number of nitrogens with one attached hydrogen (secondary N) is 1. The van der Waals surface area contributed by atoms with Crippen molar-refractivity contribution in [3.63, 3.8) is 0 Å². The molecule has 3 atom stereocenters. The molecule has 3 nitrogen and oxygen atoms in total. The van der Waals surface area contributed by atoms with Crippen LogP contribution in [0.2, 0.25) is 0 Å². The van der Waals surface area contributed by atoms with Gasteiger partial charge < -0.3 is 11.1 Å². The van der Waals surface area contributed by atoms with E-state index in [1.807, 2.05) is 6.07 Å². The lowest BCUT2D eigenvalue weighted by Crippen LogP contribution is -2.43. The lowest BCUT2D eigenvalue weighted by atomic mass is 9.85. The van der Waals surface area contributed by atoms with Crippen molar-refractivity contribution in [2.24, 2.45) is 11.7 Å². The fourth-order valence-electron chi connectivity index (χ4n) is 3.26. The fourth-order valence-corrected chi connectivity index (χ4v) is 3.26. The molecular weight excluding hydrogens is 260 g/mol. The van der Waals surface area contributed by atoms with Crippen LogP contribution in [0, 0.1) is 5.92 Å². The highest BCUT2D eigenvalue weighted by molar-refractivity contribution is 5.79. The van der Waals surface area contributed by atoms with E-state index in [2.05, 4.69) is 36.5 Å². The third-order valence-corrected chi connectivity index (χ3v) is 4.39. The van der Waals surface area contributed by atoms with Crippen LogP contribution in [0.15, 0.2) is 30.3 Å². The van der Waals surface area contributed by atoms with Crippen molar-refractivity contribution in [1.29, 1.82) is 0 Å². The van der Waals surface area contributed by atoms with Gasteiger partial charge >= 0.3 is 0 Å². The summed E-state index contributed by atoms with van der Waals surface area (Å²) in [7, 11) is 0. The van der Waals surface area contributed by atoms with E-state index in [-0.39, 0.29) is 23.9 Å². The Labute approximate surface area is 128 Å². The van der Waals surface area contributed by atoms with Crippen molar-refractivity contribution in [2.45, 2.75) is 64.0 Å². The molecule has 1 aromatic rings. The Balaban J connectivity index is 1.90. The van der Waals surface area contributed by atoms with Crippen molar-refractivity contribution < 1.29 is 4.79 Å². The molecule has 1 aliphatic rings. The van der Waals surface area contributed by atoms with Gasteiger partial charge in [0.15, 0.2) is 0 Å². The van der Waals surface area contributed by atoms with Crippen molar-refractivity contribution in [2.75, 3.05) is 0 Å². The van der Waals surface area contributed by atoms with Gasteiger partial charge in [-0.05, 0) is 37.7 Å². The highest BCUT2D eigenvalue weighted by Crippen LogP contribution is 2.23. The van der Waals surface area contributed by atoms with Gasteiger partial charge in [0.25, 0.3) is 0 Å². The van der Waals surface area contributed by atoms with Gasteiger partial charge in [0.2, 0.25) is 5.91 Å². The quantitative estimate of drug-likeness (QED) is 0.845. The summed E-state index contributed by atoms with van der Waals surface area (Å²) in [5.41, 5.74) is 7.28. The van der Waals surface area contributed by atoms with Crippen molar-refractivity contribution >= 4 is 5.91 Å². The molecule has 0 bridgehead atoms. The maximum atomic E-state index is 12.5. The minimum Gasteiger partial charge on any atom is -0.353 e. The molecule has 1 saturated carbocycles. The zero-order valence-corrected chi connectivity index (χ0v) is 13.1. The SMILES string of the molecule is CCCC(Cc1ccccc1)NC(=O)C1CCCC(N)C1. The average molecular weight is 288 g/mol. The summed E-state index contributed by atoms with van der Waals surface area (Å²) >= 11 is 0. The van der Waals surface area contributed by atoms with E-state index >= 15 is 0 Å². The van der Waals surface area contributed by atoms with E-state index in [1.54, 1.807) is 0 Å². The van der Waals surface area contributed by atoms with Crippen LogP contribution in [0.4, 0.5) is 0 Å². The smallest absolute Gasteiger partial charge is 0.223 e. The van der Waals surface area contributed by atoms with Crippen LogP contribution in [0.1, 0.15) is 51.0 Å². The maximum absolute atomic E-state index is 12.5.